The van der Waals surface area contributed by atoms with Crippen LogP contribution in [0.4, 0.5) is 0 Å². The van der Waals surface area contributed by atoms with E-state index in [9.17, 15) is 10.2 Å². The highest BCUT2D eigenvalue weighted by Gasteiger charge is 2.33. The summed E-state index contributed by atoms with van der Waals surface area (Å²) in [4.78, 5) is 2.58. The lowest BCUT2D eigenvalue weighted by Gasteiger charge is -2.44. The van der Waals surface area contributed by atoms with Gasteiger partial charge in [-0.2, -0.15) is 0 Å². The summed E-state index contributed by atoms with van der Waals surface area (Å²) in [6, 6.07) is 3.97. The lowest BCUT2D eigenvalue weighted by atomic mass is 9.81. The number of rotatable bonds is 2. The van der Waals surface area contributed by atoms with Gasteiger partial charge in [0.15, 0.2) is 11.5 Å². The minimum atomic E-state index is 0.0192. The molecule has 3 nitrogen and oxygen atoms in total. The molecule has 110 valence electrons. The Bertz CT molecular complexity index is 498. The Hall–Kier alpha value is -1.22. The number of benzene rings is 1. The molecular weight excluding hydrogens is 250 g/mol. The van der Waals surface area contributed by atoms with E-state index in [1.165, 1.54) is 36.9 Å². The van der Waals surface area contributed by atoms with Gasteiger partial charge in [-0.3, -0.25) is 4.90 Å². The van der Waals surface area contributed by atoms with Crippen molar-refractivity contribution in [1.29, 1.82) is 0 Å². The quantitative estimate of drug-likeness (QED) is 0.812. The third-order valence-electron chi connectivity index (χ3n) is 4.85. The number of hydrogen-bond donors (Lipinski definition) is 2. The second kappa shape index (κ2) is 5.28. The molecule has 1 aromatic carbocycles. The number of fused-ring (bicyclic) bond motifs is 3. The number of phenols is 2. The van der Waals surface area contributed by atoms with E-state index in [0.717, 1.165) is 24.8 Å². The average molecular weight is 275 g/mol. The number of nitrogens with zero attached hydrogens (tertiary/aromatic N) is 1. The summed E-state index contributed by atoms with van der Waals surface area (Å²) in [5.74, 6) is 1.63. The van der Waals surface area contributed by atoms with Crippen molar-refractivity contribution >= 4 is 0 Å². The van der Waals surface area contributed by atoms with Gasteiger partial charge in [-0.25, -0.2) is 0 Å². The Balaban J connectivity index is 1.80. The normalized spacial score (nSPS) is 26.4. The number of piperidine rings is 1. The van der Waals surface area contributed by atoms with Gasteiger partial charge < -0.3 is 10.2 Å². The summed E-state index contributed by atoms with van der Waals surface area (Å²) < 4.78 is 0. The minimum Gasteiger partial charge on any atom is -0.504 e. The molecule has 20 heavy (non-hydrogen) atoms. The summed E-state index contributed by atoms with van der Waals surface area (Å²) in [6.45, 7) is 6.87. The molecule has 0 aliphatic carbocycles. The van der Waals surface area contributed by atoms with Crippen molar-refractivity contribution in [3.8, 4) is 11.5 Å². The SMILES string of the molecule is CC(C)C[C@H]1CC[C@@H]2c3cc(O)c(O)cc3CCN2C1. The summed E-state index contributed by atoms with van der Waals surface area (Å²) in [7, 11) is 0. The number of hydrogen-bond acceptors (Lipinski definition) is 3. The lowest BCUT2D eigenvalue weighted by molar-refractivity contribution is 0.0894. The van der Waals surface area contributed by atoms with Crippen LogP contribution in [0.2, 0.25) is 0 Å². The maximum absolute atomic E-state index is 9.77. The van der Waals surface area contributed by atoms with E-state index in [1.807, 2.05) is 0 Å². The highest BCUT2D eigenvalue weighted by molar-refractivity contribution is 5.47. The van der Waals surface area contributed by atoms with Crippen molar-refractivity contribution < 1.29 is 10.2 Å². The second-order valence-electron chi connectivity index (χ2n) is 6.87. The van der Waals surface area contributed by atoms with E-state index >= 15 is 0 Å². The van der Waals surface area contributed by atoms with E-state index in [4.69, 9.17) is 0 Å². The van der Waals surface area contributed by atoms with Gasteiger partial charge in [0.2, 0.25) is 0 Å². The lowest BCUT2D eigenvalue weighted by Crippen LogP contribution is -2.42. The van der Waals surface area contributed by atoms with Crippen molar-refractivity contribution in [3.63, 3.8) is 0 Å². The third kappa shape index (κ3) is 2.51. The fourth-order valence-electron chi connectivity index (χ4n) is 4.01. The smallest absolute Gasteiger partial charge is 0.157 e. The van der Waals surface area contributed by atoms with Gasteiger partial charge in [0.25, 0.3) is 0 Å². The molecule has 0 bridgehead atoms. The second-order valence-corrected chi connectivity index (χ2v) is 6.87. The van der Waals surface area contributed by atoms with Gasteiger partial charge in [-0.15, -0.1) is 0 Å². The van der Waals surface area contributed by atoms with Crippen LogP contribution < -0.4 is 0 Å². The van der Waals surface area contributed by atoms with E-state index in [2.05, 4.69) is 18.7 Å². The van der Waals surface area contributed by atoms with Gasteiger partial charge in [-0.1, -0.05) is 13.8 Å². The molecule has 2 aliphatic heterocycles. The predicted octanol–water partition coefficient (Wildman–Crippen LogP) is 3.45. The first kappa shape index (κ1) is 13.7. The van der Waals surface area contributed by atoms with E-state index in [-0.39, 0.29) is 11.5 Å². The van der Waals surface area contributed by atoms with Crippen LogP contribution >= 0.6 is 0 Å². The van der Waals surface area contributed by atoms with Crippen LogP contribution in [0.25, 0.3) is 0 Å². The molecule has 0 amide bonds. The van der Waals surface area contributed by atoms with Crippen molar-refractivity contribution in [2.24, 2.45) is 11.8 Å². The fraction of sp³-hybridized carbons (Fsp3) is 0.647. The van der Waals surface area contributed by atoms with E-state index in [0.29, 0.717) is 6.04 Å². The molecule has 3 heteroatoms. The molecule has 0 aromatic heterocycles. The third-order valence-corrected chi connectivity index (χ3v) is 4.85. The molecule has 0 unspecified atom stereocenters. The summed E-state index contributed by atoms with van der Waals surface area (Å²) in [6.07, 6.45) is 4.75. The number of phenolic OH excluding ortho intramolecular Hbond substituents is 2. The average Bonchev–Trinajstić information content (AvgIpc) is 2.39. The van der Waals surface area contributed by atoms with Crippen LogP contribution in [0.1, 0.15) is 50.3 Å². The summed E-state index contributed by atoms with van der Waals surface area (Å²) >= 11 is 0. The van der Waals surface area contributed by atoms with Gasteiger partial charge >= 0.3 is 0 Å². The Kier molecular flexibility index (Phi) is 3.63. The topological polar surface area (TPSA) is 43.7 Å². The maximum Gasteiger partial charge on any atom is 0.157 e. The molecule has 3 rings (SSSR count). The zero-order chi connectivity index (χ0) is 14.3. The molecule has 0 saturated carbocycles. The first-order valence-corrected chi connectivity index (χ1v) is 7.83. The van der Waals surface area contributed by atoms with Crippen LogP contribution in [0, 0.1) is 11.8 Å². The van der Waals surface area contributed by atoms with Gasteiger partial charge in [0.1, 0.15) is 0 Å². The molecular formula is C17H25NO2. The van der Waals surface area contributed by atoms with Crippen molar-refractivity contribution in [3.05, 3.63) is 23.3 Å². The fourth-order valence-corrected chi connectivity index (χ4v) is 4.01. The van der Waals surface area contributed by atoms with Crippen LogP contribution in [0.5, 0.6) is 11.5 Å². The number of aromatic hydroxyl groups is 2. The highest BCUT2D eigenvalue weighted by atomic mass is 16.3. The molecule has 2 atom stereocenters. The predicted molar refractivity (Wildman–Crippen MR) is 80.0 cm³/mol. The minimum absolute atomic E-state index is 0.0192. The monoisotopic (exact) mass is 275 g/mol. The summed E-state index contributed by atoms with van der Waals surface area (Å²) in [5.41, 5.74) is 2.44. The van der Waals surface area contributed by atoms with Crippen LogP contribution in [-0.2, 0) is 6.42 Å². The van der Waals surface area contributed by atoms with Crippen molar-refractivity contribution in [2.75, 3.05) is 13.1 Å². The van der Waals surface area contributed by atoms with E-state index in [1.54, 1.807) is 12.1 Å². The largest absolute Gasteiger partial charge is 0.504 e. The Morgan fingerprint density at radius 3 is 2.70 bits per heavy atom. The zero-order valence-electron chi connectivity index (χ0n) is 12.5. The highest BCUT2D eigenvalue weighted by Crippen LogP contribution is 2.42. The molecule has 0 radical (unpaired) electrons. The molecule has 2 N–H and O–H groups in total. The first-order chi connectivity index (χ1) is 9.54. The van der Waals surface area contributed by atoms with Crippen LogP contribution in [0.15, 0.2) is 12.1 Å². The van der Waals surface area contributed by atoms with Gasteiger partial charge in [0.05, 0.1) is 0 Å². The summed E-state index contributed by atoms with van der Waals surface area (Å²) in [5, 5.41) is 19.4. The Morgan fingerprint density at radius 2 is 1.95 bits per heavy atom. The van der Waals surface area contributed by atoms with Crippen molar-refractivity contribution in [2.45, 2.75) is 45.6 Å². The zero-order valence-corrected chi connectivity index (χ0v) is 12.5. The van der Waals surface area contributed by atoms with Crippen LogP contribution in [-0.4, -0.2) is 28.2 Å². The maximum atomic E-state index is 9.77. The Labute approximate surface area is 121 Å². The van der Waals surface area contributed by atoms with Crippen LogP contribution in [0.3, 0.4) is 0 Å². The van der Waals surface area contributed by atoms with Gasteiger partial charge in [-0.05, 0) is 60.8 Å². The van der Waals surface area contributed by atoms with E-state index < -0.39 is 0 Å². The molecule has 1 fully saturated rings. The Morgan fingerprint density at radius 1 is 1.20 bits per heavy atom. The molecule has 0 spiro atoms. The first-order valence-electron chi connectivity index (χ1n) is 7.83. The standard InChI is InChI=1S/C17H25NO2/c1-11(2)7-12-3-4-15-14-9-17(20)16(19)8-13(14)5-6-18(15)10-12/h8-9,11-12,15,19-20H,3-7,10H2,1-2H3/t12-,15-/m1/s1. The molecule has 1 aromatic rings. The molecule has 2 aliphatic rings. The molecule has 2 heterocycles. The van der Waals surface area contributed by atoms with Gasteiger partial charge in [0, 0.05) is 19.1 Å². The van der Waals surface area contributed by atoms with Crippen molar-refractivity contribution in [1.82, 2.24) is 4.90 Å². The molecule has 1 saturated heterocycles.